The highest BCUT2D eigenvalue weighted by atomic mass is 32.1. The second-order valence-electron chi connectivity index (χ2n) is 6.58. The maximum atomic E-state index is 12.3. The lowest BCUT2D eigenvalue weighted by molar-refractivity contribution is -0.146. The number of aromatic nitrogens is 1. The molecule has 0 atom stereocenters. The molecule has 0 unspecified atom stereocenters. The number of pyridine rings is 1. The fraction of sp³-hybridized carbons (Fsp3) is 0.400. The molecule has 0 radical (unpaired) electrons. The molecule has 1 aliphatic carbocycles. The summed E-state index contributed by atoms with van der Waals surface area (Å²) in [6.45, 7) is 3.44. The van der Waals surface area contributed by atoms with Crippen molar-refractivity contribution in [2.75, 3.05) is 18.5 Å². The maximum absolute atomic E-state index is 12.3. The number of nitrogens with one attached hydrogen (secondary N) is 1. The summed E-state index contributed by atoms with van der Waals surface area (Å²) in [4.78, 5) is 40.5. The van der Waals surface area contributed by atoms with Gasteiger partial charge in [-0.25, -0.2) is 4.79 Å². The number of hydrogen-bond donors (Lipinski definition) is 1. The van der Waals surface area contributed by atoms with E-state index in [9.17, 15) is 14.4 Å². The number of carbonyl (C=O) groups is 3. The predicted molar refractivity (Wildman–Crippen MR) is 105 cm³/mol. The zero-order valence-corrected chi connectivity index (χ0v) is 16.6. The molecule has 1 saturated carbocycles. The Morgan fingerprint density at radius 3 is 2.68 bits per heavy atom. The molecule has 2 aromatic heterocycles. The molecule has 2 heterocycles. The highest BCUT2D eigenvalue weighted by Crippen LogP contribution is 2.46. The topological polar surface area (TPSA) is 94.6 Å². The number of rotatable bonds is 8. The Kier molecular flexibility index (Phi) is 6.41. The SMILES string of the molecule is CCOC(=O)c1c(C2CC2)csc1NC(=O)COC(=O)Cc1ccc(C)nc1. The third-order valence-corrected chi connectivity index (χ3v) is 5.17. The van der Waals surface area contributed by atoms with Gasteiger partial charge in [0.15, 0.2) is 6.61 Å². The monoisotopic (exact) mass is 402 g/mol. The molecule has 0 aromatic carbocycles. The number of nitrogens with zero attached hydrogens (tertiary/aromatic N) is 1. The first-order valence-corrected chi connectivity index (χ1v) is 10.0. The van der Waals surface area contributed by atoms with Crippen LogP contribution in [0.1, 0.15) is 52.9 Å². The van der Waals surface area contributed by atoms with Crippen LogP contribution < -0.4 is 5.32 Å². The third kappa shape index (κ3) is 5.16. The Balaban J connectivity index is 1.56. The van der Waals surface area contributed by atoms with Crippen LogP contribution in [-0.4, -0.2) is 36.0 Å². The first-order chi connectivity index (χ1) is 13.5. The highest BCUT2D eigenvalue weighted by molar-refractivity contribution is 7.15. The number of carbonyl (C=O) groups excluding carboxylic acids is 3. The highest BCUT2D eigenvalue weighted by Gasteiger charge is 2.32. The number of ether oxygens (including phenoxy) is 2. The lowest BCUT2D eigenvalue weighted by Crippen LogP contribution is -2.22. The fourth-order valence-electron chi connectivity index (χ4n) is 2.70. The van der Waals surface area contributed by atoms with Gasteiger partial charge in [0.25, 0.3) is 5.91 Å². The molecule has 28 heavy (non-hydrogen) atoms. The lowest BCUT2D eigenvalue weighted by Gasteiger charge is -2.09. The van der Waals surface area contributed by atoms with Crippen LogP contribution in [0.3, 0.4) is 0 Å². The van der Waals surface area contributed by atoms with Gasteiger partial charge in [-0.2, -0.15) is 0 Å². The number of aryl methyl sites for hydroxylation is 1. The summed E-state index contributed by atoms with van der Waals surface area (Å²) >= 11 is 1.28. The van der Waals surface area contributed by atoms with E-state index in [-0.39, 0.29) is 13.0 Å². The number of amides is 1. The molecule has 8 heteroatoms. The minimum absolute atomic E-state index is 0.0411. The lowest BCUT2D eigenvalue weighted by atomic mass is 10.1. The van der Waals surface area contributed by atoms with Crippen LogP contribution in [-0.2, 0) is 25.5 Å². The summed E-state index contributed by atoms with van der Waals surface area (Å²) in [5.74, 6) is -1.10. The van der Waals surface area contributed by atoms with Gasteiger partial charge in [-0.15, -0.1) is 11.3 Å². The minimum Gasteiger partial charge on any atom is -0.462 e. The molecule has 1 amide bonds. The number of thiophene rings is 1. The van der Waals surface area contributed by atoms with Crippen molar-refractivity contribution in [2.45, 2.75) is 39.0 Å². The van der Waals surface area contributed by atoms with Gasteiger partial charge in [0.1, 0.15) is 5.00 Å². The van der Waals surface area contributed by atoms with Crippen LogP contribution in [0.25, 0.3) is 0 Å². The number of hydrogen-bond acceptors (Lipinski definition) is 7. The quantitative estimate of drug-likeness (QED) is 0.681. The Morgan fingerprint density at radius 2 is 2.04 bits per heavy atom. The second-order valence-corrected chi connectivity index (χ2v) is 7.46. The molecule has 1 aliphatic rings. The van der Waals surface area contributed by atoms with Gasteiger partial charge in [0.2, 0.25) is 0 Å². The zero-order chi connectivity index (χ0) is 20.1. The molecule has 0 bridgehead atoms. The van der Waals surface area contributed by atoms with E-state index in [1.54, 1.807) is 25.3 Å². The van der Waals surface area contributed by atoms with Crippen LogP contribution in [0, 0.1) is 6.92 Å². The normalized spacial score (nSPS) is 13.1. The minimum atomic E-state index is -0.517. The average molecular weight is 402 g/mol. The summed E-state index contributed by atoms with van der Waals surface area (Å²) in [6.07, 6.45) is 3.71. The smallest absolute Gasteiger partial charge is 0.341 e. The van der Waals surface area contributed by atoms with Crippen molar-refractivity contribution >= 4 is 34.2 Å². The van der Waals surface area contributed by atoms with E-state index in [4.69, 9.17) is 9.47 Å². The van der Waals surface area contributed by atoms with E-state index in [1.807, 2.05) is 12.3 Å². The van der Waals surface area contributed by atoms with Crippen LogP contribution in [0.15, 0.2) is 23.7 Å². The first-order valence-electron chi connectivity index (χ1n) is 9.13. The molecule has 148 valence electrons. The molecule has 0 aliphatic heterocycles. The van der Waals surface area contributed by atoms with E-state index < -0.39 is 24.5 Å². The maximum Gasteiger partial charge on any atom is 0.341 e. The number of esters is 2. The van der Waals surface area contributed by atoms with Crippen molar-refractivity contribution in [1.82, 2.24) is 4.98 Å². The van der Waals surface area contributed by atoms with Crippen molar-refractivity contribution in [3.05, 3.63) is 46.1 Å². The Labute approximate surface area is 167 Å². The first kappa shape index (κ1) is 20.0. The van der Waals surface area contributed by atoms with Crippen molar-refractivity contribution in [3.63, 3.8) is 0 Å². The van der Waals surface area contributed by atoms with Crippen molar-refractivity contribution in [3.8, 4) is 0 Å². The van der Waals surface area contributed by atoms with Gasteiger partial charge in [-0.05, 0) is 55.2 Å². The predicted octanol–water partition coefficient (Wildman–Crippen LogP) is 3.23. The van der Waals surface area contributed by atoms with Gasteiger partial charge in [-0.3, -0.25) is 14.6 Å². The molecular weight excluding hydrogens is 380 g/mol. The fourth-order valence-corrected chi connectivity index (χ4v) is 3.75. The van der Waals surface area contributed by atoms with E-state index in [0.717, 1.165) is 24.1 Å². The van der Waals surface area contributed by atoms with Gasteiger partial charge in [0, 0.05) is 11.9 Å². The standard InChI is InChI=1S/C20H22N2O5S/c1-3-26-20(25)18-15(14-6-7-14)11-28-19(18)22-16(23)10-27-17(24)8-13-5-4-12(2)21-9-13/h4-5,9,11,14H,3,6-8,10H2,1-2H3,(H,22,23). The molecule has 0 saturated heterocycles. The van der Waals surface area contributed by atoms with Gasteiger partial charge in [0.05, 0.1) is 18.6 Å². The molecule has 7 nitrogen and oxygen atoms in total. The van der Waals surface area contributed by atoms with E-state index >= 15 is 0 Å². The Bertz CT molecular complexity index is 871. The third-order valence-electron chi connectivity index (χ3n) is 4.25. The summed E-state index contributed by atoms with van der Waals surface area (Å²) in [7, 11) is 0. The molecule has 1 N–H and O–H groups in total. The molecule has 1 fully saturated rings. The number of anilines is 1. The van der Waals surface area contributed by atoms with Crippen LogP contribution in [0.2, 0.25) is 0 Å². The summed E-state index contributed by atoms with van der Waals surface area (Å²) in [6, 6.07) is 3.60. The summed E-state index contributed by atoms with van der Waals surface area (Å²) in [5, 5.41) is 4.99. The molecule has 2 aromatic rings. The average Bonchev–Trinajstić information content (AvgIpc) is 3.43. The second kappa shape index (κ2) is 8.97. The Morgan fingerprint density at radius 1 is 1.25 bits per heavy atom. The van der Waals surface area contributed by atoms with Crippen molar-refractivity contribution in [1.29, 1.82) is 0 Å². The molecule has 3 rings (SSSR count). The molecular formula is C20H22N2O5S. The van der Waals surface area contributed by atoms with Gasteiger partial charge >= 0.3 is 11.9 Å². The largest absolute Gasteiger partial charge is 0.462 e. The van der Waals surface area contributed by atoms with Crippen LogP contribution >= 0.6 is 11.3 Å². The van der Waals surface area contributed by atoms with E-state index in [2.05, 4.69) is 10.3 Å². The van der Waals surface area contributed by atoms with Crippen molar-refractivity contribution in [2.24, 2.45) is 0 Å². The molecule has 0 spiro atoms. The van der Waals surface area contributed by atoms with Gasteiger partial charge in [-0.1, -0.05) is 6.07 Å². The van der Waals surface area contributed by atoms with E-state index in [0.29, 0.717) is 22.0 Å². The van der Waals surface area contributed by atoms with E-state index in [1.165, 1.54) is 11.3 Å². The van der Waals surface area contributed by atoms with Crippen molar-refractivity contribution < 1.29 is 23.9 Å². The van der Waals surface area contributed by atoms with Crippen LogP contribution in [0.4, 0.5) is 5.00 Å². The van der Waals surface area contributed by atoms with Gasteiger partial charge < -0.3 is 14.8 Å². The Hall–Kier alpha value is -2.74. The summed E-state index contributed by atoms with van der Waals surface area (Å²) < 4.78 is 10.2. The van der Waals surface area contributed by atoms with Crippen LogP contribution in [0.5, 0.6) is 0 Å². The zero-order valence-electron chi connectivity index (χ0n) is 15.8. The summed E-state index contributed by atoms with van der Waals surface area (Å²) in [5.41, 5.74) is 2.91.